The molecule has 33 heavy (non-hydrogen) atoms. The van der Waals surface area contributed by atoms with Gasteiger partial charge in [0.2, 0.25) is 5.91 Å². The minimum absolute atomic E-state index is 0.00942. The van der Waals surface area contributed by atoms with Crippen molar-refractivity contribution < 1.29 is 14.3 Å². The Balaban J connectivity index is 1.62. The van der Waals surface area contributed by atoms with E-state index >= 15 is 0 Å². The van der Waals surface area contributed by atoms with Crippen molar-refractivity contribution in [1.82, 2.24) is 4.90 Å². The van der Waals surface area contributed by atoms with Gasteiger partial charge in [-0.2, -0.15) is 0 Å². The van der Waals surface area contributed by atoms with Gasteiger partial charge in [-0.15, -0.1) is 23.1 Å². The summed E-state index contributed by atoms with van der Waals surface area (Å²) in [6.45, 7) is 0. The monoisotopic (exact) mass is 496 g/mol. The number of ether oxygens (including phenoxy) is 1. The highest BCUT2D eigenvalue weighted by atomic mass is 35.5. The number of amides is 1. The van der Waals surface area contributed by atoms with Gasteiger partial charge in [0.1, 0.15) is 11.3 Å². The number of fused-ring (bicyclic) bond motifs is 4. The van der Waals surface area contributed by atoms with Gasteiger partial charge in [0, 0.05) is 39.9 Å². The second-order valence-corrected chi connectivity index (χ2v) is 10.9. The Morgan fingerprint density at radius 3 is 2.76 bits per heavy atom. The zero-order valence-electron chi connectivity index (χ0n) is 17.8. The molecule has 2 saturated heterocycles. The quantitative estimate of drug-likeness (QED) is 0.501. The first kappa shape index (κ1) is 21.2. The van der Waals surface area contributed by atoms with Crippen LogP contribution in [0.3, 0.4) is 0 Å². The zero-order valence-corrected chi connectivity index (χ0v) is 20.2. The van der Waals surface area contributed by atoms with Crippen LogP contribution in [-0.2, 0) is 10.3 Å². The van der Waals surface area contributed by atoms with Crippen LogP contribution < -0.4 is 10.1 Å². The van der Waals surface area contributed by atoms with Gasteiger partial charge in [0.25, 0.3) is 0 Å². The molecule has 1 amide bonds. The summed E-state index contributed by atoms with van der Waals surface area (Å²) in [5.74, 6) is 1.37. The molecule has 0 radical (unpaired) electrons. The molecule has 0 unspecified atom stereocenters. The highest BCUT2D eigenvalue weighted by molar-refractivity contribution is 7.99. The van der Waals surface area contributed by atoms with Gasteiger partial charge in [-0.1, -0.05) is 29.8 Å². The molecule has 168 valence electrons. The highest BCUT2D eigenvalue weighted by Crippen LogP contribution is 2.61. The van der Waals surface area contributed by atoms with Crippen molar-refractivity contribution >= 4 is 52.1 Å². The van der Waals surface area contributed by atoms with E-state index in [2.05, 4.69) is 10.2 Å². The predicted molar refractivity (Wildman–Crippen MR) is 133 cm³/mol. The Bertz CT molecular complexity index is 1250. The number of anilines is 1. The molecule has 4 atom stereocenters. The molecule has 4 heterocycles. The van der Waals surface area contributed by atoms with Crippen LogP contribution in [0.2, 0.25) is 5.02 Å². The molecule has 3 aromatic rings. The molecule has 5 nitrogen and oxygen atoms in total. The fourth-order valence-electron chi connectivity index (χ4n) is 5.81. The van der Waals surface area contributed by atoms with E-state index in [0.29, 0.717) is 21.5 Å². The molecule has 6 rings (SSSR count). The molecule has 3 aliphatic heterocycles. The number of carbonyl (C=O) groups is 2. The van der Waals surface area contributed by atoms with E-state index in [-0.39, 0.29) is 23.7 Å². The number of carbonyl (C=O) groups excluding carboxylic acids is 2. The Kier molecular flexibility index (Phi) is 5.07. The van der Waals surface area contributed by atoms with E-state index in [1.165, 1.54) is 11.3 Å². The van der Waals surface area contributed by atoms with Crippen LogP contribution >= 0.6 is 34.7 Å². The maximum absolute atomic E-state index is 14.2. The number of methoxy groups -OCH3 is 1. The van der Waals surface area contributed by atoms with Crippen LogP contribution in [0.25, 0.3) is 0 Å². The summed E-state index contributed by atoms with van der Waals surface area (Å²) in [5.41, 5.74) is 1.51. The van der Waals surface area contributed by atoms with Crippen molar-refractivity contribution in [3.8, 4) is 5.75 Å². The Labute approximate surface area is 205 Å². The SMILES string of the molecule is COc1ccc2c(c1)[C@]1(C(=O)N2)[C@H](C(=O)c2cccs2)[C@@H](c2ccc(Cl)cc2)[C@@H]2CSCN21. The largest absolute Gasteiger partial charge is 0.497 e. The Morgan fingerprint density at radius 1 is 1.21 bits per heavy atom. The smallest absolute Gasteiger partial charge is 0.250 e. The number of hydrogen-bond donors (Lipinski definition) is 1. The number of benzene rings is 2. The van der Waals surface area contributed by atoms with Crippen LogP contribution in [-0.4, -0.2) is 41.4 Å². The second-order valence-electron chi connectivity index (χ2n) is 8.57. The third-order valence-electron chi connectivity index (χ3n) is 7.13. The molecule has 2 aromatic carbocycles. The summed E-state index contributed by atoms with van der Waals surface area (Å²) in [7, 11) is 1.62. The standard InChI is InChI=1S/C25H21ClN2O3S2/c1-31-16-8-9-18-17(11-16)25(24(30)27-18)22(23(29)20-3-2-10-33-20)21(19-12-32-13-28(19)25)14-4-6-15(26)7-5-14/h2-11,19,21-22H,12-13H2,1H3,(H,27,30)/t19-,21-,22-,25+/m0/s1. The number of Topliss-reactive ketones (excluding diaryl/α,β-unsaturated/α-hetero) is 1. The molecular weight excluding hydrogens is 476 g/mol. The van der Waals surface area contributed by atoms with Crippen LogP contribution in [0.4, 0.5) is 5.69 Å². The lowest BCUT2D eigenvalue weighted by Crippen LogP contribution is -2.52. The van der Waals surface area contributed by atoms with Crippen LogP contribution in [0.15, 0.2) is 60.0 Å². The van der Waals surface area contributed by atoms with Gasteiger partial charge in [0.15, 0.2) is 5.78 Å². The summed E-state index contributed by atoms with van der Waals surface area (Å²) in [6, 6.07) is 17.2. The Morgan fingerprint density at radius 2 is 2.03 bits per heavy atom. The fraction of sp³-hybridized carbons (Fsp3) is 0.280. The predicted octanol–water partition coefficient (Wildman–Crippen LogP) is 5.23. The molecule has 8 heteroatoms. The maximum atomic E-state index is 14.2. The van der Waals surface area contributed by atoms with E-state index in [4.69, 9.17) is 16.3 Å². The average molecular weight is 497 g/mol. The van der Waals surface area contributed by atoms with Crippen molar-refractivity contribution in [2.24, 2.45) is 5.92 Å². The van der Waals surface area contributed by atoms with Crippen molar-refractivity contribution in [2.45, 2.75) is 17.5 Å². The minimum atomic E-state index is -1.09. The molecule has 3 aliphatic rings. The molecule has 1 spiro atoms. The van der Waals surface area contributed by atoms with Gasteiger partial charge in [-0.3, -0.25) is 14.5 Å². The van der Waals surface area contributed by atoms with Gasteiger partial charge in [-0.05, 0) is 47.3 Å². The van der Waals surface area contributed by atoms with E-state index in [0.717, 1.165) is 22.6 Å². The zero-order chi connectivity index (χ0) is 22.7. The summed E-state index contributed by atoms with van der Waals surface area (Å²) >= 11 is 9.43. The number of nitrogens with zero attached hydrogens (tertiary/aromatic N) is 1. The molecule has 1 N–H and O–H groups in total. The number of rotatable bonds is 4. The Hall–Kier alpha value is -2.32. The van der Waals surface area contributed by atoms with E-state index in [1.54, 1.807) is 18.9 Å². The van der Waals surface area contributed by atoms with Crippen LogP contribution in [0.5, 0.6) is 5.75 Å². The van der Waals surface area contributed by atoms with Gasteiger partial charge in [0.05, 0.1) is 17.9 Å². The van der Waals surface area contributed by atoms with Gasteiger partial charge >= 0.3 is 0 Å². The van der Waals surface area contributed by atoms with Crippen molar-refractivity contribution in [3.05, 3.63) is 81.0 Å². The first-order chi connectivity index (χ1) is 16.1. The van der Waals surface area contributed by atoms with Crippen LogP contribution in [0.1, 0.15) is 26.7 Å². The molecule has 1 aromatic heterocycles. The van der Waals surface area contributed by atoms with E-state index in [9.17, 15) is 9.59 Å². The lowest BCUT2D eigenvalue weighted by molar-refractivity contribution is -0.127. The lowest BCUT2D eigenvalue weighted by atomic mass is 9.70. The van der Waals surface area contributed by atoms with Gasteiger partial charge < -0.3 is 10.1 Å². The summed E-state index contributed by atoms with van der Waals surface area (Å²) in [5, 5.41) is 5.65. The number of hydrogen-bond acceptors (Lipinski definition) is 6. The molecule has 0 saturated carbocycles. The maximum Gasteiger partial charge on any atom is 0.250 e. The van der Waals surface area contributed by atoms with E-state index < -0.39 is 11.5 Å². The average Bonchev–Trinajstić information content (AvgIpc) is 3.60. The number of thiophene rings is 1. The molecule has 0 aliphatic carbocycles. The number of halogens is 1. The van der Waals surface area contributed by atoms with Crippen molar-refractivity contribution in [2.75, 3.05) is 24.1 Å². The normalized spacial score (nSPS) is 28.1. The third-order valence-corrected chi connectivity index (χ3v) is 9.30. The van der Waals surface area contributed by atoms with Gasteiger partial charge in [-0.25, -0.2) is 0 Å². The molecule has 2 fully saturated rings. The number of ketones is 1. The lowest BCUT2D eigenvalue weighted by Gasteiger charge is -2.36. The first-order valence-electron chi connectivity index (χ1n) is 10.7. The van der Waals surface area contributed by atoms with Crippen molar-refractivity contribution in [3.63, 3.8) is 0 Å². The van der Waals surface area contributed by atoms with Crippen molar-refractivity contribution in [1.29, 1.82) is 0 Å². The highest BCUT2D eigenvalue weighted by Gasteiger charge is 2.69. The molecular formula is C25H21ClN2O3S2. The third kappa shape index (κ3) is 2.96. The summed E-state index contributed by atoms with van der Waals surface area (Å²) in [6.07, 6.45) is 0. The molecule has 0 bridgehead atoms. The summed E-state index contributed by atoms with van der Waals surface area (Å²) in [4.78, 5) is 31.1. The second kappa shape index (κ2) is 7.87. The fourth-order valence-corrected chi connectivity index (χ4v) is 7.97. The van der Waals surface area contributed by atoms with Crippen LogP contribution in [0, 0.1) is 5.92 Å². The van der Waals surface area contributed by atoms with E-state index in [1.807, 2.05) is 60.0 Å². The number of thioether (sulfide) groups is 1. The number of nitrogens with one attached hydrogen (secondary N) is 1. The summed E-state index contributed by atoms with van der Waals surface area (Å²) < 4.78 is 5.52. The first-order valence-corrected chi connectivity index (χ1v) is 13.1. The topological polar surface area (TPSA) is 58.6 Å². The minimum Gasteiger partial charge on any atom is -0.497 e.